The maximum absolute atomic E-state index is 15.0. The molecule has 0 spiro atoms. The number of hydrogen-bond acceptors (Lipinski definition) is 3. The highest BCUT2D eigenvalue weighted by atomic mass is 19.1. The SMILES string of the molecule is O=C(O)CC1CCC(c2ccc(-c3cccnc3OC3CCCC3)cc2F)CC1. The molecule has 2 fully saturated rings. The van der Waals surface area contributed by atoms with Crippen LogP contribution in [-0.4, -0.2) is 22.2 Å². The molecule has 0 atom stereocenters. The summed E-state index contributed by atoms with van der Waals surface area (Å²) in [6.45, 7) is 0. The largest absolute Gasteiger partial charge is 0.481 e. The zero-order valence-electron chi connectivity index (χ0n) is 16.6. The van der Waals surface area contributed by atoms with Gasteiger partial charge in [0.25, 0.3) is 0 Å². The first-order chi connectivity index (χ1) is 14.1. The van der Waals surface area contributed by atoms with Gasteiger partial charge in [0.1, 0.15) is 11.9 Å². The van der Waals surface area contributed by atoms with E-state index in [0.717, 1.165) is 55.2 Å². The van der Waals surface area contributed by atoms with Crippen molar-refractivity contribution in [2.45, 2.75) is 69.8 Å². The lowest BCUT2D eigenvalue weighted by atomic mass is 9.77. The molecule has 0 saturated heterocycles. The lowest BCUT2D eigenvalue weighted by Crippen LogP contribution is -2.17. The van der Waals surface area contributed by atoms with Gasteiger partial charge in [0, 0.05) is 18.2 Å². The third-order valence-corrected chi connectivity index (χ3v) is 6.41. The second kappa shape index (κ2) is 8.93. The van der Waals surface area contributed by atoms with Crippen molar-refractivity contribution in [1.82, 2.24) is 4.98 Å². The maximum atomic E-state index is 15.0. The van der Waals surface area contributed by atoms with Crippen LogP contribution in [0.5, 0.6) is 5.88 Å². The molecule has 0 bridgehead atoms. The van der Waals surface area contributed by atoms with Gasteiger partial charge in [-0.3, -0.25) is 4.79 Å². The molecule has 0 amide bonds. The normalized spacial score (nSPS) is 22.5. The molecule has 1 aromatic heterocycles. The van der Waals surface area contributed by atoms with Crippen LogP contribution in [0.25, 0.3) is 11.1 Å². The number of nitrogens with zero attached hydrogens (tertiary/aromatic N) is 1. The van der Waals surface area contributed by atoms with E-state index in [0.29, 0.717) is 5.88 Å². The van der Waals surface area contributed by atoms with Gasteiger partial charge in [0.2, 0.25) is 5.88 Å². The van der Waals surface area contributed by atoms with E-state index in [9.17, 15) is 4.79 Å². The zero-order chi connectivity index (χ0) is 20.2. The first-order valence-electron chi connectivity index (χ1n) is 10.7. The lowest BCUT2D eigenvalue weighted by molar-refractivity contribution is -0.138. The number of hydrogen-bond donors (Lipinski definition) is 1. The summed E-state index contributed by atoms with van der Waals surface area (Å²) in [7, 11) is 0. The molecule has 5 heteroatoms. The van der Waals surface area contributed by atoms with Crippen molar-refractivity contribution in [3.8, 4) is 17.0 Å². The Kier molecular flexibility index (Phi) is 6.12. The van der Waals surface area contributed by atoms with Gasteiger partial charge in [0.05, 0.1) is 0 Å². The van der Waals surface area contributed by atoms with E-state index >= 15 is 4.39 Å². The second-order valence-electron chi connectivity index (χ2n) is 8.43. The minimum Gasteiger partial charge on any atom is -0.481 e. The average molecular weight is 397 g/mol. The topological polar surface area (TPSA) is 59.4 Å². The monoisotopic (exact) mass is 397 g/mol. The Balaban J connectivity index is 1.49. The fraction of sp³-hybridized carbons (Fsp3) is 0.500. The van der Waals surface area contributed by atoms with Crippen LogP contribution in [0.2, 0.25) is 0 Å². The Bertz CT molecular complexity index is 855. The highest BCUT2D eigenvalue weighted by molar-refractivity contribution is 5.69. The summed E-state index contributed by atoms with van der Waals surface area (Å²) < 4.78 is 21.1. The van der Waals surface area contributed by atoms with Gasteiger partial charge >= 0.3 is 5.97 Å². The number of halogens is 1. The van der Waals surface area contributed by atoms with Crippen LogP contribution >= 0.6 is 0 Å². The van der Waals surface area contributed by atoms with E-state index in [2.05, 4.69) is 4.98 Å². The Morgan fingerprint density at radius 1 is 1.10 bits per heavy atom. The molecule has 2 saturated carbocycles. The molecule has 4 rings (SSSR count). The minimum atomic E-state index is -0.740. The molecule has 1 heterocycles. The Morgan fingerprint density at radius 2 is 1.86 bits per heavy atom. The van der Waals surface area contributed by atoms with Crippen LogP contribution in [0.15, 0.2) is 36.5 Å². The van der Waals surface area contributed by atoms with Crippen molar-refractivity contribution in [1.29, 1.82) is 0 Å². The van der Waals surface area contributed by atoms with Gasteiger partial charge in [0.15, 0.2) is 0 Å². The van der Waals surface area contributed by atoms with Crippen LogP contribution in [-0.2, 0) is 4.79 Å². The number of pyridine rings is 1. The molecule has 2 aliphatic rings. The van der Waals surface area contributed by atoms with Crippen LogP contribution in [0, 0.1) is 11.7 Å². The predicted octanol–water partition coefficient (Wildman–Crippen LogP) is 5.96. The van der Waals surface area contributed by atoms with Gasteiger partial charge in [-0.05, 0) is 92.5 Å². The van der Waals surface area contributed by atoms with Gasteiger partial charge in [-0.15, -0.1) is 0 Å². The van der Waals surface area contributed by atoms with Gasteiger partial charge in [-0.2, -0.15) is 0 Å². The van der Waals surface area contributed by atoms with E-state index in [1.165, 1.54) is 12.8 Å². The fourth-order valence-electron chi connectivity index (χ4n) is 4.82. The minimum absolute atomic E-state index is 0.164. The zero-order valence-corrected chi connectivity index (χ0v) is 16.6. The maximum Gasteiger partial charge on any atom is 0.303 e. The van der Waals surface area contributed by atoms with Gasteiger partial charge in [-0.1, -0.05) is 12.1 Å². The molecule has 1 aromatic carbocycles. The molecule has 154 valence electrons. The molecular formula is C24H28FNO3. The summed E-state index contributed by atoms with van der Waals surface area (Å²) >= 11 is 0. The second-order valence-corrected chi connectivity index (χ2v) is 8.43. The van der Waals surface area contributed by atoms with Crippen molar-refractivity contribution in [2.24, 2.45) is 5.92 Å². The van der Waals surface area contributed by atoms with Crippen LogP contribution in [0.3, 0.4) is 0 Å². The number of aliphatic carboxylic acids is 1. The Labute approximate surface area is 171 Å². The van der Waals surface area contributed by atoms with E-state index in [1.807, 2.05) is 24.3 Å². The van der Waals surface area contributed by atoms with Crippen molar-refractivity contribution < 1.29 is 19.0 Å². The van der Waals surface area contributed by atoms with Crippen molar-refractivity contribution in [2.75, 3.05) is 0 Å². The number of carboxylic acids is 1. The molecule has 0 radical (unpaired) electrons. The molecule has 2 aromatic rings. The number of carbonyl (C=O) groups is 1. The first kappa shape index (κ1) is 19.9. The number of rotatable bonds is 6. The van der Waals surface area contributed by atoms with Crippen LogP contribution < -0.4 is 4.74 Å². The smallest absolute Gasteiger partial charge is 0.303 e. The van der Waals surface area contributed by atoms with Crippen LogP contribution in [0.4, 0.5) is 4.39 Å². The number of aromatic nitrogens is 1. The first-order valence-corrected chi connectivity index (χ1v) is 10.7. The molecule has 4 nitrogen and oxygen atoms in total. The molecule has 0 unspecified atom stereocenters. The van der Waals surface area contributed by atoms with E-state index in [-0.39, 0.29) is 30.2 Å². The summed E-state index contributed by atoms with van der Waals surface area (Å²) in [6.07, 6.45) is 9.99. The highest BCUT2D eigenvalue weighted by Crippen LogP contribution is 2.39. The molecule has 0 aliphatic heterocycles. The molecule has 29 heavy (non-hydrogen) atoms. The third-order valence-electron chi connectivity index (χ3n) is 6.41. The molecule has 1 N–H and O–H groups in total. The van der Waals surface area contributed by atoms with E-state index < -0.39 is 5.97 Å². The lowest BCUT2D eigenvalue weighted by Gasteiger charge is -2.28. The van der Waals surface area contributed by atoms with Crippen molar-refractivity contribution in [3.05, 3.63) is 47.9 Å². The molecule has 2 aliphatic carbocycles. The van der Waals surface area contributed by atoms with Crippen molar-refractivity contribution in [3.63, 3.8) is 0 Å². The molecular weight excluding hydrogens is 369 g/mol. The summed E-state index contributed by atoms with van der Waals surface area (Å²) in [5.74, 6) is 0.0330. The van der Waals surface area contributed by atoms with Gasteiger partial charge in [-0.25, -0.2) is 9.37 Å². The summed E-state index contributed by atoms with van der Waals surface area (Å²) in [5, 5.41) is 8.97. The average Bonchev–Trinajstić information content (AvgIpc) is 3.22. The standard InChI is InChI=1S/C24H28FNO3/c25-22-15-18(21-6-3-13-26-24(21)29-19-4-1-2-5-19)11-12-20(22)17-9-7-16(8-10-17)14-23(27)28/h3,6,11-13,15-17,19H,1-2,4-5,7-10,14H2,(H,27,28). The van der Waals surface area contributed by atoms with E-state index in [1.54, 1.807) is 12.3 Å². The van der Waals surface area contributed by atoms with Gasteiger partial charge < -0.3 is 9.84 Å². The number of carboxylic acid groups (broad SMARTS) is 1. The van der Waals surface area contributed by atoms with Crippen LogP contribution in [0.1, 0.15) is 69.3 Å². The highest BCUT2D eigenvalue weighted by Gasteiger charge is 2.26. The third kappa shape index (κ3) is 4.77. The Morgan fingerprint density at radius 3 is 2.55 bits per heavy atom. The number of ether oxygens (including phenoxy) is 1. The van der Waals surface area contributed by atoms with Crippen molar-refractivity contribution >= 4 is 5.97 Å². The quantitative estimate of drug-likeness (QED) is 0.653. The summed E-state index contributed by atoms with van der Waals surface area (Å²) in [6, 6.07) is 9.23. The van der Waals surface area contributed by atoms with E-state index in [4.69, 9.17) is 9.84 Å². The predicted molar refractivity (Wildman–Crippen MR) is 109 cm³/mol. The summed E-state index contributed by atoms with van der Waals surface area (Å²) in [4.78, 5) is 15.3. The summed E-state index contributed by atoms with van der Waals surface area (Å²) in [5.41, 5.74) is 2.35. The fourth-order valence-corrected chi connectivity index (χ4v) is 4.82. The number of benzene rings is 1. The Hall–Kier alpha value is -2.43.